The monoisotopic (exact) mass is 660 g/mol. The van der Waals surface area contributed by atoms with Gasteiger partial charge in [0.25, 0.3) is 0 Å². The van der Waals surface area contributed by atoms with Crippen LogP contribution in [0.2, 0.25) is 0 Å². The van der Waals surface area contributed by atoms with Crippen LogP contribution < -0.4 is 0 Å². The summed E-state index contributed by atoms with van der Waals surface area (Å²) in [5.41, 5.74) is 14.1. The van der Waals surface area contributed by atoms with Crippen molar-refractivity contribution in [2.45, 2.75) is 0 Å². The highest BCUT2D eigenvalue weighted by Gasteiger charge is 2.15. The number of pyridine rings is 1. The molecule has 242 valence electrons. The van der Waals surface area contributed by atoms with Crippen LogP contribution in [0.1, 0.15) is 0 Å². The average molecular weight is 661 g/mol. The van der Waals surface area contributed by atoms with E-state index in [0.29, 0.717) is 5.69 Å². The van der Waals surface area contributed by atoms with E-state index in [0.717, 1.165) is 44.8 Å². The van der Waals surface area contributed by atoms with Crippen LogP contribution >= 0.6 is 0 Å². The molecule has 9 aromatic rings. The first-order valence-electron chi connectivity index (χ1n) is 17.5. The van der Waals surface area contributed by atoms with Gasteiger partial charge < -0.3 is 0 Å². The lowest BCUT2D eigenvalue weighted by molar-refractivity contribution is 1.32. The van der Waals surface area contributed by atoms with Gasteiger partial charge in [-0.25, -0.2) is 9.83 Å². The third kappa shape index (κ3) is 5.71. The Morgan fingerprint density at radius 2 is 0.846 bits per heavy atom. The Labute approximate surface area is 303 Å². The first-order chi connectivity index (χ1) is 25.7. The molecule has 2 heteroatoms. The molecule has 1 aromatic heterocycles. The van der Waals surface area contributed by atoms with E-state index in [1.54, 1.807) is 0 Å². The molecular formula is C50H32N2. The van der Waals surface area contributed by atoms with E-state index in [1.165, 1.54) is 43.8 Å². The summed E-state index contributed by atoms with van der Waals surface area (Å²) in [5, 5.41) is 4.83. The first kappa shape index (κ1) is 30.9. The number of hydrogen-bond donors (Lipinski definition) is 0. The van der Waals surface area contributed by atoms with Crippen molar-refractivity contribution in [2.24, 2.45) is 0 Å². The second-order valence-electron chi connectivity index (χ2n) is 13.0. The van der Waals surface area contributed by atoms with E-state index in [4.69, 9.17) is 11.6 Å². The Kier molecular flexibility index (Phi) is 7.93. The van der Waals surface area contributed by atoms with E-state index in [2.05, 4.69) is 163 Å². The lowest BCUT2D eigenvalue weighted by atomic mass is 9.87. The van der Waals surface area contributed by atoms with Crippen LogP contribution in [0.5, 0.6) is 0 Å². The van der Waals surface area contributed by atoms with Crippen molar-refractivity contribution < 1.29 is 0 Å². The van der Waals surface area contributed by atoms with Crippen molar-refractivity contribution in [3.8, 4) is 67.0 Å². The molecule has 0 radical (unpaired) electrons. The molecule has 1 heterocycles. The van der Waals surface area contributed by atoms with Crippen LogP contribution in [0, 0.1) is 6.57 Å². The summed E-state index contributed by atoms with van der Waals surface area (Å²) in [4.78, 5) is 8.66. The Bertz CT molecular complexity index is 2700. The molecule has 0 aliphatic rings. The molecule has 0 spiro atoms. The summed E-state index contributed by atoms with van der Waals surface area (Å²) in [5.74, 6) is 0. The molecule has 0 aliphatic carbocycles. The van der Waals surface area contributed by atoms with Gasteiger partial charge in [0, 0.05) is 11.1 Å². The summed E-state index contributed by atoms with van der Waals surface area (Å²) in [6, 6.07) is 68.4. The summed E-state index contributed by atoms with van der Waals surface area (Å²) in [6.45, 7) is 7.37. The number of aromatic nitrogens is 1. The van der Waals surface area contributed by atoms with Crippen LogP contribution in [0.3, 0.4) is 0 Å². The van der Waals surface area contributed by atoms with E-state index < -0.39 is 0 Å². The number of hydrogen-bond acceptors (Lipinski definition) is 1. The molecule has 0 saturated heterocycles. The van der Waals surface area contributed by atoms with Crippen molar-refractivity contribution in [3.63, 3.8) is 0 Å². The maximum absolute atomic E-state index is 7.37. The fraction of sp³-hybridized carbons (Fsp3) is 0. The fourth-order valence-electron chi connectivity index (χ4n) is 7.36. The molecule has 0 fully saturated rings. The zero-order valence-corrected chi connectivity index (χ0v) is 28.4. The highest BCUT2D eigenvalue weighted by atomic mass is 14.7. The molecule has 0 amide bonds. The van der Waals surface area contributed by atoms with Crippen LogP contribution in [-0.2, 0) is 0 Å². The summed E-state index contributed by atoms with van der Waals surface area (Å²) >= 11 is 0. The molecule has 52 heavy (non-hydrogen) atoms. The second kappa shape index (κ2) is 13.3. The summed E-state index contributed by atoms with van der Waals surface area (Å²) in [7, 11) is 0. The number of benzene rings is 8. The van der Waals surface area contributed by atoms with Gasteiger partial charge in [-0.05, 0) is 78.2 Å². The summed E-state index contributed by atoms with van der Waals surface area (Å²) in [6.07, 6.45) is 0. The van der Waals surface area contributed by atoms with Crippen molar-refractivity contribution >= 4 is 27.2 Å². The molecule has 0 aliphatic heterocycles. The molecule has 0 saturated carbocycles. The standard InChI is InChI=1S/C50H32N2/c1-51-41-28-26-35(27-29-41)42-30-31-46(45-19-9-8-18-44(42)45)47-21-11-17-39-16-10-20-43(50(39)47)36-24-22-34(23-25-36)40-32-48(37-12-4-2-5-13-37)52-49(33-40)38-14-6-3-7-15-38/h2-33H. The normalized spacial score (nSPS) is 11.1. The Balaban J connectivity index is 1.15. The average Bonchev–Trinajstić information content (AvgIpc) is 3.23. The topological polar surface area (TPSA) is 17.2 Å². The van der Waals surface area contributed by atoms with E-state index in [1.807, 2.05) is 36.4 Å². The van der Waals surface area contributed by atoms with Gasteiger partial charge in [-0.15, -0.1) is 0 Å². The quantitative estimate of drug-likeness (QED) is 0.162. The second-order valence-corrected chi connectivity index (χ2v) is 13.0. The van der Waals surface area contributed by atoms with E-state index in [9.17, 15) is 0 Å². The van der Waals surface area contributed by atoms with Gasteiger partial charge in [-0.1, -0.05) is 182 Å². The number of fused-ring (bicyclic) bond motifs is 2. The molecule has 2 nitrogen and oxygen atoms in total. The Hall–Kier alpha value is -7.08. The van der Waals surface area contributed by atoms with Crippen LogP contribution in [-0.4, -0.2) is 4.98 Å². The highest BCUT2D eigenvalue weighted by molar-refractivity contribution is 6.13. The minimum absolute atomic E-state index is 0.649. The molecular weight excluding hydrogens is 629 g/mol. The van der Waals surface area contributed by atoms with E-state index in [-0.39, 0.29) is 0 Å². The van der Waals surface area contributed by atoms with Crippen molar-refractivity contribution in [2.75, 3.05) is 0 Å². The van der Waals surface area contributed by atoms with Gasteiger partial charge >= 0.3 is 0 Å². The van der Waals surface area contributed by atoms with Gasteiger partial charge in [0.1, 0.15) is 0 Å². The molecule has 0 unspecified atom stereocenters. The Morgan fingerprint density at radius 1 is 0.346 bits per heavy atom. The van der Waals surface area contributed by atoms with Gasteiger partial charge in [-0.2, -0.15) is 0 Å². The predicted octanol–water partition coefficient (Wildman–Crippen LogP) is 13.9. The van der Waals surface area contributed by atoms with E-state index >= 15 is 0 Å². The molecule has 9 rings (SSSR count). The lowest BCUT2D eigenvalue weighted by Gasteiger charge is -2.16. The number of rotatable bonds is 6. The van der Waals surface area contributed by atoms with Gasteiger partial charge in [0.05, 0.1) is 18.0 Å². The molecule has 0 N–H and O–H groups in total. The minimum Gasteiger partial charge on any atom is -0.248 e. The largest absolute Gasteiger partial charge is 0.248 e. The maximum Gasteiger partial charge on any atom is 0.187 e. The van der Waals surface area contributed by atoms with Crippen LogP contribution in [0.15, 0.2) is 194 Å². The maximum atomic E-state index is 7.37. The Morgan fingerprint density at radius 3 is 1.46 bits per heavy atom. The minimum atomic E-state index is 0.649. The highest BCUT2D eigenvalue weighted by Crippen LogP contribution is 2.42. The predicted molar refractivity (Wildman–Crippen MR) is 218 cm³/mol. The lowest BCUT2D eigenvalue weighted by Crippen LogP contribution is -1.91. The SMILES string of the molecule is [C-]#[N+]c1ccc(-c2ccc(-c3cccc4cccc(-c5ccc(-c6cc(-c7ccccc7)nc(-c7ccccc7)c6)cc5)c34)c3ccccc23)cc1. The van der Waals surface area contributed by atoms with Gasteiger partial charge in [0.15, 0.2) is 5.69 Å². The molecule has 8 aromatic carbocycles. The molecule has 0 atom stereocenters. The fourth-order valence-corrected chi connectivity index (χ4v) is 7.36. The zero-order valence-electron chi connectivity index (χ0n) is 28.4. The molecule has 0 bridgehead atoms. The van der Waals surface area contributed by atoms with Crippen molar-refractivity contribution in [1.82, 2.24) is 4.98 Å². The smallest absolute Gasteiger partial charge is 0.187 e. The number of nitrogens with zero attached hydrogens (tertiary/aromatic N) is 2. The third-order valence-corrected chi connectivity index (χ3v) is 9.92. The summed E-state index contributed by atoms with van der Waals surface area (Å²) < 4.78 is 0. The van der Waals surface area contributed by atoms with Crippen LogP contribution in [0.25, 0.3) is 93.4 Å². The third-order valence-electron chi connectivity index (χ3n) is 9.92. The van der Waals surface area contributed by atoms with Crippen molar-refractivity contribution in [3.05, 3.63) is 206 Å². The van der Waals surface area contributed by atoms with Crippen molar-refractivity contribution in [1.29, 1.82) is 0 Å². The zero-order chi connectivity index (χ0) is 34.9. The van der Waals surface area contributed by atoms with Gasteiger partial charge in [0.2, 0.25) is 0 Å². The van der Waals surface area contributed by atoms with Gasteiger partial charge in [-0.3, -0.25) is 0 Å². The van der Waals surface area contributed by atoms with Crippen LogP contribution in [0.4, 0.5) is 5.69 Å². The first-order valence-corrected chi connectivity index (χ1v) is 17.5.